The van der Waals surface area contributed by atoms with E-state index in [1.54, 1.807) is 0 Å². The van der Waals surface area contributed by atoms with E-state index in [0.717, 1.165) is 28.6 Å². The van der Waals surface area contributed by atoms with E-state index >= 15 is 0 Å². The Hall–Kier alpha value is -0.730. The second-order valence-electron chi connectivity index (χ2n) is 3.31. The number of aliphatic imine (C=N–C) groups is 1. The highest BCUT2D eigenvalue weighted by atomic mass is 35.5. The third kappa shape index (κ3) is 2.64. The third-order valence-electron chi connectivity index (χ3n) is 2.11. The SMILES string of the molecule is CC/C=C\C1=Nc2cc(Cl)ccc2SC1. The van der Waals surface area contributed by atoms with Gasteiger partial charge in [-0.1, -0.05) is 24.6 Å². The fourth-order valence-electron chi connectivity index (χ4n) is 1.38. The van der Waals surface area contributed by atoms with Crippen molar-refractivity contribution in [3.63, 3.8) is 0 Å². The first-order chi connectivity index (χ1) is 7.29. The Morgan fingerprint density at radius 3 is 3.20 bits per heavy atom. The lowest BCUT2D eigenvalue weighted by molar-refractivity contribution is 1.22. The van der Waals surface area contributed by atoms with Crippen LogP contribution in [0.4, 0.5) is 5.69 Å². The van der Waals surface area contributed by atoms with E-state index in [1.165, 1.54) is 4.90 Å². The standard InChI is InChI=1S/C12H12ClNS/c1-2-3-4-10-8-15-12-6-5-9(13)7-11(12)14-10/h3-7H,2,8H2,1H3/b4-3-. The van der Waals surface area contributed by atoms with Crippen LogP contribution in [0.15, 0.2) is 40.2 Å². The molecule has 78 valence electrons. The summed E-state index contributed by atoms with van der Waals surface area (Å²) >= 11 is 7.75. The molecule has 0 aromatic heterocycles. The van der Waals surface area contributed by atoms with Crippen molar-refractivity contribution in [2.75, 3.05) is 5.75 Å². The fraction of sp³-hybridized carbons (Fsp3) is 0.250. The molecule has 0 saturated heterocycles. The molecule has 0 atom stereocenters. The Bertz CT molecular complexity index is 424. The van der Waals surface area contributed by atoms with E-state index in [9.17, 15) is 0 Å². The lowest BCUT2D eigenvalue weighted by Gasteiger charge is -2.12. The molecule has 1 aliphatic rings. The molecule has 2 rings (SSSR count). The molecular formula is C12H12ClNS. The number of fused-ring (bicyclic) bond motifs is 1. The van der Waals surface area contributed by atoms with Gasteiger partial charge in [-0.2, -0.15) is 0 Å². The highest BCUT2D eigenvalue weighted by Crippen LogP contribution is 2.35. The van der Waals surface area contributed by atoms with Gasteiger partial charge in [0.2, 0.25) is 0 Å². The molecule has 0 amide bonds. The number of allylic oxidation sites excluding steroid dienone is 2. The number of nitrogens with zero attached hydrogens (tertiary/aromatic N) is 1. The van der Waals surface area contributed by atoms with Crippen molar-refractivity contribution in [3.05, 3.63) is 35.4 Å². The Balaban J connectivity index is 2.31. The normalized spacial score (nSPS) is 15.2. The smallest absolute Gasteiger partial charge is 0.0784 e. The number of thioether (sulfide) groups is 1. The average Bonchev–Trinajstić information content (AvgIpc) is 2.25. The van der Waals surface area contributed by atoms with Gasteiger partial charge in [0.15, 0.2) is 0 Å². The maximum absolute atomic E-state index is 5.93. The molecular weight excluding hydrogens is 226 g/mol. The summed E-state index contributed by atoms with van der Waals surface area (Å²) < 4.78 is 0. The molecule has 0 saturated carbocycles. The van der Waals surface area contributed by atoms with Gasteiger partial charge in [-0.25, -0.2) is 0 Å². The molecule has 0 bridgehead atoms. The lowest BCUT2D eigenvalue weighted by atomic mass is 10.3. The summed E-state index contributed by atoms with van der Waals surface area (Å²) in [6.45, 7) is 2.12. The van der Waals surface area contributed by atoms with Gasteiger partial charge in [0.1, 0.15) is 0 Å². The predicted octanol–water partition coefficient (Wildman–Crippen LogP) is 4.48. The van der Waals surface area contributed by atoms with Crippen molar-refractivity contribution in [1.29, 1.82) is 0 Å². The van der Waals surface area contributed by atoms with Gasteiger partial charge < -0.3 is 0 Å². The molecule has 0 spiro atoms. The Labute approximate surface area is 99.2 Å². The second kappa shape index (κ2) is 4.86. The highest BCUT2D eigenvalue weighted by molar-refractivity contribution is 8.00. The average molecular weight is 238 g/mol. The molecule has 1 aromatic carbocycles. The predicted molar refractivity (Wildman–Crippen MR) is 68.7 cm³/mol. The number of rotatable bonds is 2. The van der Waals surface area contributed by atoms with Crippen molar-refractivity contribution in [3.8, 4) is 0 Å². The summed E-state index contributed by atoms with van der Waals surface area (Å²) in [6, 6.07) is 5.87. The monoisotopic (exact) mass is 237 g/mol. The van der Waals surface area contributed by atoms with E-state index in [0.29, 0.717) is 0 Å². The topological polar surface area (TPSA) is 12.4 Å². The number of benzene rings is 1. The van der Waals surface area contributed by atoms with Crippen LogP contribution >= 0.6 is 23.4 Å². The van der Waals surface area contributed by atoms with Gasteiger partial charge in [0.05, 0.1) is 11.4 Å². The molecule has 0 N–H and O–H groups in total. The molecule has 0 aliphatic carbocycles. The van der Waals surface area contributed by atoms with Crippen molar-refractivity contribution in [2.24, 2.45) is 4.99 Å². The van der Waals surface area contributed by atoms with Crippen molar-refractivity contribution < 1.29 is 0 Å². The summed E-state index contributed by atoms with van der Waals surface area (Å²) in [6.07, 6.45) is 5.28. The van der Waals surface area contributed by atoms with Gasteiger partial charge in [0.25, 0.3) is 0 Å². The minimum Gasteiger partial charge on any atom is -0.251 e. The molecule has 0 radical (unpaired) electrons. The number of halogens is 1. The van der Waals surface area contributed by atoms with Crippen LogP contribution < -0.4 is 0 Å². The van der Waals surface area contributed by atoms with E-state index in [2.05, 4.69) is 24.1 Å². The van der Waals surface area contributed by atoms with Gasteiger partial charge in [0, 0.05) is 15.7 Å². The summed E-state index contributed by atoms with van der Waals surface area (Å²) in [5.41, 5.74) is 2.12. The zero-order valence-corrected chi connectivity index (χ0v) is 10.1. The highest BCUT2D eigenvalue weighted by Gasteiger charge is 2.10. The van der Waals surface area contributed by atoms with Gasteiger partial charge in [-0.15, -0.1) is 11.8 Å². The van der Waals surface area contributed by atoms with Crippen LogP contribution in [0.5, 0.6) is 0 Å². The molecule has 3 heteroatoms. The summed E-state index contributed by atoms with van der Waals surface area (Å²) in [5.74, 6) is 0.950. The van der Waals surface area contributed by atoms with E-state index in [1.807, 2.05) is 30.0 Å². The summed E-state index contributed by atoms with van der Waals surface area (Å²) in [5, 5.41) is 0.749. The molecule has 15 heavy (non-hydrogen) atoms. The molecule has 1 nitrogen and oxygen atoms in total. The van der Waals surface area contributed by atoms with E-state index < -0.39 is 0 Å². The van der Waals surface area contributed by atoms with Gasteiger partial charge in [-0.3, -0.25) is 4.99 Å². The minimum atomic E-state index is 0.749. The third-order valence-corrected chi connectivity index (χ3v) is 3.44. The molecule has 1 aromatic rings. The Kier molecular flexibility index (Phi) is 3.49. The first-order valence-electron chi connectivity index (χ1n) is 4.96. The lowest BCUT2D eigenvalue weighted by Crippen LogP contribution is -2.01. The van der Waals surface area contributed by atoms with Crippen molar-refractivity contribution >= 4 is 34.8 Å². The van der Waals surface area contributed by atoms with Gasteiger partial charge >= 0.3 is 0 Å². The summed E-state index contributed by atoms with van der Waals surface area (Å²) in [4.78, 5) is 5.78. The maximum Gasteiger partial charge on any atom is 0.0784 e. The molecule has 1 heterocycles. The van der Waals surface area contributed by atoms with Crippen LogP contribution in [0.3, 0.4) is 0 Å². The van der Waals surface area contributed by atoms with Crippen LogP contribution in [0.2, 0.25) is 5.02 Å². The zero-order valence-electron chi connectivity index (χ0n) is 8.53. The van der Waals surface area contributed by atoms with Crippen LogP contribution in [0.25, 0.3) is 0 Å². The summed E-state index contributed by atoms with van der Waals surface area (Å²) in [7, 11) is 0. The second-order valence-corrected chi connectivity index (χ2v) is 4.77. The Morgan fingerprint density at radius 2 is 2.40 bits per heavy atom. The fourth-order valence-corrected chi connectivity index (χ4v) is 2.43. The first-order valence-corrected chi connectivity index (χ1v) is 6.32. The van der Waals surface area contributed by atoms with E-state index in [4.69, 9.17) is 11.6 Å². The van der Waals surface area contributed by atoms with Crippen LogP contribution in [0, 0.1) is 0 Å². The number of hydrogen-bond acceptors (Lipinski definition) is 2. The largest absolute Gasteiger partial charge is 0.251 e. The van der Waals surface area contributed by atoms with Gasteiger partial charge in [-0.05, 0) is 30.7 Å². The van der Waals surface area contributed by atoms with Crippen LogP contribution in [-0.4, -0.2) is 11.5 Å². The van der Waals surface area contributed by atoms with Crippen LogP contribution in [0.1, 0.15) is 13.3 Å². The van der Waals surface area contributed by atoms with E-state index in [-0.39, 0.29) is 0 Å². The van der Waals surface area contributed by atoms with Crippen molar-refractivity contribution in [1.82, 2.24) is 0 Å². The molecule has 1 aliphatic heterocycles. The zero-order chi connectivity index (χ0) is 10.7. The first kappa shape index (κ1) is 10.8. The minimum absolute atomic E-state index is 0.749. The molecule has 0 unspecified atom stereocenters. The van der Waals surface area contributed by atoms with Crippen LogP contribution in [-0.2, 0) is 0 Å². The quantitative estimate of drug-likeness (QED) is 0.739. The van der Waals surface area contributed by atoms with Crippen molar-refractivity contribution in [2.45, 2.75) is 18.2 Å². The Morgan fingerprint density at radius 1 is 1.53 bits per heavy atom. The maximum atomic E-state index is 5.93. The number of hydrogen-bond donors (Lipinski definition) is 0. The molecule has 0 fully saturated rings.